The summed E-state index contributed by atoms with van der Waals surface area (Å²) < 4.78 is 0. The summed E-state index contributed by atoms with van der Waals surface area (Å²) >= 11 is 4.83. The highest BCUT2D eigenvalue weighted by Crippen LogP contribution is 1.96. The molecule has 0 aliphatic carbocycles. The number of hydrogen-bond donors (Lipinski definition) is 3. The van der Waals surface area contributed by atoms with E-state index in [4.69, 9.17) is 12.2 Å². The average molecular weight is 156 g/mol. The lowest BCUT2D eigenvalue weighted by molar-refractivity contribution is 1.09. The molecule has 0 radical (unpaired) electrons. The van der Waals surface area contributed by atoms with Crippen LogP contribution >= 0.6 is 12.2 Å². The molecule has 0 aromatic carbocycles. The Morgan fingerprint density at radius 1 is 1.80 bits per heavy atom. The summed E-state index contributed by atoms with van der Waals surface area (Å²) in [6, 6.07) is 1.80. The maximum absolute atomic E-state index is 4.83. The van der Waals surface area contributed by atoms with Crippen LogP contribution in [0.2, 0.25) is 0 Å². The second-order valence-electron chi connectivity index (χ2n) is 1.67. The average Bonchev–Trinajstić information content (AvgIpc) is 2.40. The first-order valence-electron chi connectivity index (χ1n) is 2.81. The molecular weight excluding hydrogens is 148 g/mol. The zero-order valence-corrected chi connectivity index (χ0v) is 6.33. The summed E-state index contributed by atoms with van der Waals surface area (Å²) in [7, 11) is 1.76. The lowest BCUT2D eigenvalue weighted by atomic mass is 10.6. The molecule has 10 heavy (non-hydrogen) atoms. The molecule has 0 atom stereocenters. The van der Waals surface area contributed by atoms with Gasteiger partial charge in [-0.2, -0.15) is 5.10 Å². The van der Waals surface area contributed by atoms with E-state index < -0.39 is 0 Å². The second kappa shape index (κ2) is 3.17. The van der Waals surface area contributed by atoms with E-state index in [-0.39, 0.29) is 0 Å². The van der Waals surface area contributed by atoms with Gasteiger partial charge in [-0.15, -0.1) is 0 Å². The molecule has 0 amide bonds. The number of rotatable bonds is 1. The number of thiocarbonyl (C=S) groups is 1. The Balaban J connectivity index is 2.48. The third-order valence-electron chi connectivity index (χ3n) is 0.976. The van der Waals surface area contributed by atoms with Gasteiger partial charge in [-0.25, -0.2) is 0 Å². The van der Waals surface area contributed by atoms with Crippen LogP contribution in [0.3, 0.4) is 0 Å². The van der Waals surface area contributed by atoms with Gasteiger partial charge >= 0.3 is 0 Å². The Kier molecular flexibility index (Phi) is 2.22. The van der Waals surface area contributed by atoms with E-state index in [0.29, 0.717) is 5.11 Å². The van der Waals surface area contributed by atoms with Crippen molar-refractivity contribution in [2.75, 3.05) is 12.4 Å². The van der Waals surface area contributed by atoms with Crippen molar-refractivity contribution in [2.24, 2.45) is 0 Å². The number of aromatic amines is 1. The molecule has 0 aliphatic rings. The van der Waals surface area contributed by atoms with E-state index in [1.165, 1.54) is 0 Å². The van der Waals surface area contributed by atoms with Gasteiger partial charge in [0.15, 0.2) is 5.11 Å². The number of anilines is 1. The summed E-state index contributed by atoms with van der Waals surface area (Å²) in [5.41, 5.74) is 0. The molecular formula is C5H8N4S. The van der Waals surface area contributed by atoms with Crippen LogP contribution in [0.15, 0.2) is 12.3 Å². The molecule has 0 fully saturated rings. The first-order chi connectivity index (χ1) is 4.83. The smallest absolute Gasteiger partial charge is 0.171 e. The van der Waals surface area contributed by atoms with E-state index in [1.54, 1.807) is 19.3 Å². The van der Waals surface area contributed by atoms with Crippen LogP contribution in [0.1, 0.15) is 0 Å². The predicted molar refractivity (Wildman–Crippen MR) is 43.9 cm³/mol. The molecule has 0 saturated carbocycles. The molecule has 1 rings (SSSR count). The van der Waals surface area contributed by atoms with Gasteiger partial charge < -0.3 is 10.6 Å². The maximum Gasteiger partial charge on any atom is 0.171 e. The Morgan fingerprint density at radius 3 is 3.10 bits per heavy atom. The molecule has 3 N–H and O–H groups in total. The number of aromatic nitrogens is 2. The minimum absolute atomic E-state index is 0.573. The lowest BCUT2D eigenvalue weighted by Gasteiger charge is -2.01. The van der Waals surface area contributed by atoms with Crippen molar-refractivity contribution in [3.8, 4) is 0 Å². The molecule has 0 unspecified atom stereocenters. The zero-order valence-electron chi connectivity index (χ0n) is 5.51. The standard InChI is InChI=1S/C5H8N4S/c1-6-5(10)8-4-2-3-7-9-4/h2-3H,1H3,(H3,6,7,8,9,10). The molecule has 1 heterocycles. The van der Waals surface area contributed by atoms with E-state index in [0.717, 1.165) is 5.82 Å². The highest BCUT2D eigenvalue weighted by atomic mass is 32.1. The van der Waals surface area contributed by atoms with Crippen molar-refractivity contribution in [3.05, 3.63) is 12.3 Å². The summed E-state index contributed by atoms with van der Waals surface area (Å²) in [5.74, 6) is 0.791. The largest absolute Gasteiger partial charge is 0.365 e. The minimum Gasteiger partial charge on any atom is -0.365 e. The van der Waals surface area contributed by atoms with Crippen LogP contribution in [-0.4, -0.2) is 22.4 Å². The van der Waals surface area contributed by atoms with Gasteiger partial charge in [0.2, 0.25) is 0 Å². The summed E-state index contributed by atoms with van der Waals surface area (Å²) in [4.78, 5) is 0. The van der Waals surface area contributed by atoms with Crippen LogP contribution in [-0.2, 0) is 0 Å². The van der Waals surface area contributed by atoms with Crippen LogP contribution in [0.5, 0.6) is 0 Å². The number of nitrogens with one attached hydrogen (secondary N) is 3. The SMILES string of the molecule is CNC(=S)Nc1ccn[nH]1. The topological polar surface area (TPSA) is 52.7 Å². The van der Waals surface area contributed by atoms with Gasteiger partial charge in [-0.05, 0) is 12.2 Å². The molecule has 0 spiro atoms. The molecule has 1 aromatic heterocycles. The summed E-state index contributed by atoms with van der Waals surface area (Å²) in [6.45, 7) is 0. The zero-order chi connectivity index (χ0) is 7.40. The van der Waals surface area contributed by atoms with E-state index in [1.807, 2.05) is 0 Å². The Labute approximate surface area is 64.0 Å². The Bertz CT molecular complexity index is 205. The molecule has 5 heteroatoms. The van der Waals surface area contributed by atoms with Gasteiger partial charge in [0.25, 0.3) is 0 Å². The molecule has 0 bridgehead atoms. The molecule has 1 aromatic rings. The third kappa shape index (κ3) is 1.70. The van der Waals surface area contributed by atoms with Crippen molar-refractivity contribution in [1.82, 2.24) is 15.5 Å². The highest BCUT2D eigenvalue weighted by Gasteiger charge is 1.92. The normalized spacial score (nSPS) is 8.90. The highest BCUT2D eigenvalue weighted by molar-refractivity contribution is 7.80. The fourth-order valence-electron chi connectivity index (χ4n) is 0.510. The van der Waals surface area contributed by atoms with Gasteiger partial charge in [-0.3, -0.25) is 5.10 Å². The van der Waals surface area contributed by atoms with Crippen molar-refractivity contribution in [1.29, 1.82) is 0 Å². The van der Waals surface area contributed by atoms with Gasteiger partial charge in [0.1, 0.15) is 5.82 Å². The Hall–Kier alpha value is -1.10. The van der Waals surface area contributed by atoms with Gasteiger partial charge in [0, 0.05) is 13.1 Å². The number of hydrogen-bond acceptors (Lipinski definition) is 2. The van der Waals surface area contributed by atoms with Crippen molar-refractivity contribution in [3.63, 3.8) is 0 Å². The fourth-order valence-corrected chi connectivity index (χ4v) is 0.620. The summed E-state index contributed by atoms with van der Waals surface area (Å²) in [6.07, 6.45) is 1.65. The van der Waals surface area contributed by atoms with E-state index in [9.17, 15) is 0 Å². The van der Waals surface area contributed by atoms with Crippen LogP contribution in [0, 0.1) is 0 Å². The van der Waals surface area contributed by atoms with Crippen molar-refractivity contribution >= 4 is 23.1 Å². The van der Waals surface area contributed by atoms with Crippen LogP contribution in [0.25, 0.3) is 0 Å². The Morgan fingerprint density at radius 2 is 2.60 bits per heavy atom. The van der Waals surface area contributed by atoms with Gasteiger partial charge in [0.05, 0.1) is 6.20 Å². The monoisotopic (exact) mass is 156 g/mol. The fraction of sp³-hybridized carbons (Fsp3) is 0.200. The number of H-pyrrole nitrogens is 1. The van der Waals surface area contributed by atoms with Crippen LogP contribution < -0.4 is 10.6 Å². The van der Waals surface area contributed by atoms with Crippen molar-refractivity contribution in [2.45, 2.75) is 0 Å². The van der Waals surface area contributed by atoms with Crippen LogP contribution in [0.4, 0.5) is 5.82 Å². The van der Waals surface area contributed by atoms with Gasteiger partial charge in [-0.1, -0.05) is 0 Å². The molecule has 54 valence electrons. The number of nitrogens with zero attached hydrogens (tertiary/aromatic N) is 1. The first-order valence-corrected chi connectivity index (χ1v) is 3.22. The molecule has 4 nitrogen and oxygen atoms in total. The lowest BCUT2D eigenvalue weighted by Crippen LogP contribution is -2.24. The summed E-state index contributed by atoms with van der Waals surface area (Å²) in [5, 5.41) is 12.7. The first kappa shape index (κ1) is 7.01. The predicted octanol–water partition coefficient (Wildman–Crippen LogP) is 0.326. The quantitative estimate of drug-likeness (QED) is 0.513. The minimum atomic E-state index is 0.573. The second-order valence-corrected chi connectivity index (χ2v) is 2.08. The van der Waals surface area contributed by atoms with Crippen molar-refractivity contribution < 1.29 is 0 Å². The third-order valence-corrected chi connectivity index (χ3v) is 1.28. The van der Waals surface area contributed by atoms with E-state index in [2.05, 4.69) is 20.8 Å². The molecule has 0 aliphatic heterocycles. The molecule has 0 saturated heterocycles. The van der Waals surface area contributed by atoms with E-state index >= 15 is 0 Å². The maximum atomic E-state index is 4.83.